The first-order chi connectivity index (χ1) is 13.2. The fraction of sp³-hybridized carbons (Fsp3) is 0.143. The molecule has 6 heteroatoms. The number of aromatic nitrogens is 1. The molecule has 27 heavy (non-hydrogen) atoms. The van der Waals surface area contributed by atoms with Gasteiger partial charge in [-0.1, -0.05) is 42.5 Å². The van der Waals surface area contributed by atoms with Crippen LogP contribution >= 0.6 is 0 Å². The topological polar surface area (TPSA) is 71.6 Å². The Morgan fingerprint density at radius 1 is 1.04 bits per heavy atom. The van der Waals surface area contributed by atoms with E-state index in [0.29, 0.717) is 23.7 Å². The molecule has 136 valence electrons. The smallest absolute Gasteiger partial charge is 0.355 e. The highest BCUT2D eigenvalue weighted by atomic mass is 16.5. The Balaban J connectivity index is 1.59. The normalized spacial score (nSPS) is 15.6. The molecule has 0 saturated carbocycles. The van der Waals surface area contributed by atoms with Gasteiger partial charge in [-0.2, -0.15) is 0 Å². The summed E-state index contributed by atoms with van der Waals surface area (Å²) in [6, 6.07) is 20.0. The van der Waals surface area contributed by atoms with Crippen LogP contribution in [0.1, 0.15) is 22.1 Å². The molecular formula is C21H18N2O4. The molecule has 6 nitrogen and oxygen atoms in total. The monoisotopic (exact) mass is 362 g/mol. The van der Waals surface area contributed by atoms with Gasteiger partial charge < -0.3 is 14.5 Å². The molecule has 0 radical (unpaired) electrons. The molecule has 1 aliphatic rings. The van der Waals surface area contributed by atoms with Crippen LogP contribution in [0.5, 0.6) is 5.75 Å². The number of amides is 1. The highest BCUT2D eigenvalue weighted by Gasteiger charge is 2.33. The number of H-pyrrole nitrogens is 1. The number of nitrogens with one attached hydrogen (secondary N) is 1. The van der Waals surface area contributed by atoms with Crippen molar-refractivity contribution in [3.63, 3.8) is 0 Å². The molecule has 0 bridgehead atoms. The van der Waals surface area contributed by atoms with Crippen molar-refractivity contribution in [1.29, 1.82) is 0 Å². The second-order valence-electron chi connectivity index (χ2n) is 6.13. The minimum absolute atomic E-state index is 0.294. The number of carbonyl (C=O) groups excluding carboxylic acids is 2. The van der Waals surface area contributed by atoms with Gasteiger partial charge in [-0.3, -0.25) is 9.69 Å². The summed E-state index contributed by atoms with van der Waals surface area (Å²) >= 11 is 0. The van der Waals surface area contributed by atoms with Crippen LogP contribution < -0.4 is 9.64 Å². The van der Waals surface area contributed by atoms with E-state index >= 15 is 0 Å². The molecule has 1 atom stereocenters. The summed E-state index contributed by atoms with van der Waals surface area (Å²) in [5.41, 5.74) is 1.93. The van der Waals surface area contributed by atoms with Crippen LogP contribution in [0.15, 0.2) is 72.9 Å². The number of hydrogen-bond acceptors (Lipinski definition) is 4. The number of hydrogen-bond donors (Lipinski definition) is 1. The Morgan fingerprint density at radius 2 is 1.81 bits per heavy atom. The van der Waals surface area contributed by atoms with Crippen molar-refractivity contribution in [1.82, 2.24) is 4.98 Å². The Hall–Kier alpha value is -3.54. The van der Waals surface area contributed by atoms with Crippen molar-refractivity contribution in [3.8, 4) is 5.75 Å². The third-order valence-corrected chi connectivity index (χ3v) is 4.43. The zero-order valence-electron chi connectivity index (χ0n) is 14.5. The van der Waals surface area contributed by atoms with E-state index in [0.717, 1.165) is 5.56 Å². The lowest BCUT2D eigenvalue weighted by Gasteiger charge is -2.37. The quantitative estimate of drug-likeness (QED) is 0.723. The lowest BCUT2D eigenvalue weighted by atomic mass is 10.0. The minimum Gasteiger partial charge on any atom is -0.489 e. The van der Waals surface area contributed by atoms with Crippen LogP contribution in [-0.4, -0.2) is 30.1 Å². The zero-order valence-corrected chi connectivity index (χ0v) is 14.5. The maximum absolute atomic E-state index is 13.0. The molecule has 0 spiro atoms. The third kappa shape index (κ3) is 3.42. The lowest BCUT2D eigenvalue weighted by molar-refractivity contribution is -0.122. The van der Waals surface area contributed by atoms with Crippen LogP contribution in [0.25, 0.3) is 0 Å². The van der Waals surface area contributed by atoms with Gasteiger partial charge in [0.25, 0.3) is 5.91 Å². The van der Waals surface area contributed by atoms with Gasteiger partial charge in [0.1, 0.15) is 18.1 Å². The van der Waals surface area contributed by atoms with Gasteiger partial charge in [-0.25, -0.2) is 4.79 Å². The van der Waals surface area contributed by atoms with Gasteiger partial charge in [0.2, 0.25) is 0 Å². The van der Waals surface area contributed by atoms with E-state index in [2.05, 4.69) is 4.98 Å². The van der Waals surface area contributed by atoms with Gasteiger partial charge in [0.05, 0.1) is 11.7 Å². The molecular weight excluding hydrogens is 344 g/mol. The summed E-state index contributed by atoms with van der Waals surface area (Å²) in [7, 11) is 0. The first-order valence-electron chi connectivity index (χ1n) is 8.63. The number of nitrogens with zero attached hydrogens (tertiary/aromatic N) is 1. The maximum atomic E-state index is 13.0. The predicted octanol–water partition coefficient (Wildman–Crippen LogP) is 3.34. The Kier molecular flexibility index (Phi) is 4.61. The van der Waals surface area contributed by atoms with E-state index < -0.39 is 5.97 Å². The van der Waals surface area contributed by atoms with Gasteiger partial charge in [-0.15, -0.1) is 0 Å². The maximum Gasteiger partial charge on any atom is 0.355 e. The molecule has 2 aromatic carbocycles. The number of aromatic amines is 1. The van der Waals surface area contributed by atoms with Crippen molar-refractivity contribution < 1.29 is 19.1 Å². The SMILES string of the molecule is O=C(OCC(=O)N1c2ccccc2OC[C@@H]1c1ccccc1)c1ccc[nH]1. The molecule has 2 heterocycles. The van der Waals surface area contributed by atoms with Gasteiger partial charge in [0, 0.05) is 6.20 Å². The third-order valence-electron chi connectivity index (χ3n) is 4.43. The van der Waals surface area contributed by atoms with Crippen LogP contribution in [0.2, 0.25) is 0 Å². The average molecular weight is 362 g/mol. The average Bonchev–Trinajstić information content (AvgIpc) is 3.26. The van der Waals surface area contributed by atoms with E-state index in [1.807, 2.05) is 54.6 Å². The predicted molar refractivity (Wildman–Crippen MR) is 99.7 cm³/mol. The van der Waals surface area contributed by atoms with Gasteiger partial charge >= 0.3 is 5.97 Å². The van der Waals surface area contributed by atoms with Gasteiger partial charge in [-0.05, 0) is 29.8 Å². The molecule has 0 saturated heterocycles. The van der Waals surface area contributed by atoms with Crippen molar-refractivity contribution in [3.05, 3.63) is 84.2 Å². The van der Waals surface area contributed by atoms with Crippen molar-refractivity contribution >= 4 is 17.6 Å². The zero-order chi connectivity index (χ0) is 18.6. The molecule has 4 rings (SSSR count). The van der Waals surface area contributed by atoms with Crippen LogP contribution in [0.4, 0.5) is 5.69 Å². The molecule has 1 amide bonds. The van der Waals surface area contributed by atoms with Gasteiger partial charge in [0.15, 0.2) is 6.61 Å². The molecule has 3 aromatic rings. The second kappa shape index (κ2) is 7.37. The fourth-order valence-corrected chi connectivity index (χ4v) is 3.15. The number of esters is 1. The summed E-state index contributed by atoms with van der Waals surface area (Å²) in [5.74, 6) is -0.237. The number of para-hydroxylation sites is 2. The Morgan fingerprint density at radius 3 is 2.59 bits per heavy atom. The van der Waals surface area contributed by atoms with Crippen molar-refractivity contribution in [2.45, 2.75) is 6.04 Å². The molecule has 1 aliphatic heterocycles. The van der Waals surface area contributed by atoms with E-state index in [1.54, 1.807) is 23.2 Å². The molecule has 0 unspecified atom stereocenters. The Labute approximate surface area is 156 Å². The largest absolute Gasteiger partial charge is 0.489 e. The van der Waals surface area contributed by atoms with Crippen molar-refractivity contribution in [2.24, 2.45) is 0 Å². The number of benzene rings is 2. The summed E-state index contributed by atoms with van der Waals surface area (Å²) in [6.07, 6.45) is 1.63. The lowest BCUT2D eigenvalue weighted by Crippen LogP contribution is -2.43. The summed E-state index contributed by atoms with van der Waals surface area (Å²) in [5, 5.41) is 0. The van der Waals surface area contributed by atoms with Crippen LogP contribution in [0, 0.1) is 0 Å². The van der Waals surface area contributed by atoms with E-state index in [4.69, 9.17) is 9.47 Å². The minimum atomic E-state index is -0.564. The summed E-state index contributed by atoms with van der Waals surface area (Å²) in [6.45, 7) is -0.0210. The number of rotatable bonds is 4. The van der Waals surface area contributed by atoms with Crippen LogP contribution in [-0.2, 0) is 9.53 Å². The fourth-order valence-electron chi connectivity index (χ4n) is 3.15. The van der Waals surface area contributed by atoms with E-state index in [-0.39, 0.29) is 18.6 Å². The second-order valence-corrected chi connectivity index (χ2v) is 6.13. The standard InChI is InChI=1S/C21H18N2O4/c24-20(14-27-21(25)16-9-6-12-22-16)23-17-10-4-5-11-19(17)26-13-18(23)15-7-2-1-3-8-15/h1-12,18,22H,13-14H2/t18-/m1/s1. The molecule has 1 N–H and O–H groups in total. The highest BCUT2D eigenvalue weighted by Crippen LogP contribution is 2.39. The van der Waals surface area contributed by atoms with E-state index in [1.165, 1.54) is 0 Å². The first-order valence-corrected chi connectivity index (χ1v) is 8.63. The van der Waals surface area contributed by atoms with E-state index in [9.17, 15) is 9.59 Å². The van der Waals surface area contributed by atoms with Crippen molar-refractivity contribution in [2.75, 3.05) is 18.1 Å². The Bertz CT molecular complexity index is 938. The number of fused-ring (bicyclic) bond motifs is 1. The number of carbonyl (C=O) groups is 2. The molecule has 1 aromatic heterocycles. The molecule has 0 aliphatic carbocycles. The number of ether oxygens (including phenoxy) is 2. The van der Waals surface area contributed by atoms with Crippen LogP contribution in [0.3, 0.4) is 0 Å². The summed E-state index contributed by atoms with van der Waals surface area (Å²) in [4.78, 5) is 29.5. The molecule has 0 fully saturated rings. The number of anilines is 1. The first kappa shape index (κ1) is 16.9. The highest BCUT2D eigenvalue weighted by molar-refractivity contribution is 5.98. The summed E-state index contributed by atoms with van der Waals surface area (Å²) < 4.78 is 11.0.